The minimum atomic E-state index is -0.719. The van der Waals surface area contributed by atoms with Crippen molar-refractivity contribution in [1.82, 2.24) is 29.9 Å². The first-order chi connectivity index (χ1) is 16.5. The Kier molecular flexibility index (Phi) is 5.69. The van der Waals surface area contributed by atoms with E-state index in [9.17, 15) is 14.3 Å². The van der Waals surface area contributed by atoms with Crippen molar-refractivity contribution in [1.29, 1.82) is 0 Å². The van der Waals surface area contributed by atoms with Gasteiger partial charge in [0.25, 0.3) is 11.7 Å². The minimum absolute atomic E-state index is 0.0410. The maximum Gasteiger partial charge on any atom is 0.254 e. The summed E-state index contributed by atoms with van der Waals surface area (Å²) in [4.78, 5) is 25.2. The van der Waals surface area contributed by atoms with Gasteiger partial charge in [-0.2, -0.15) is 5.10 Å². The lowest BCUT2D eigenvalue weighted by molar-refractivity contribution is 0.0920. The maximum atomic E-state index is 14.7. The highest BCUT2D eigenvalue weighted by molar-refractivity contribution is 5.95. The second kappa shape index (κ2) is 8.95. The molecule has 34 heavy (non-hydrogen) atoms. The van der Waals surface area contributed by atoms with Gasteiger partial charge in [0.2, 0.25) is 0 Å². The van der Waals surface area contributed by atoms with Gasteiger partial charge in [-0.15, -0.1) is 0 Å². The molecule has 1 amide bonds. The van der Waals surface area contributed by atoms with Crippen molar-refractivity contribution in [2.45, 2.75) is 19.4 Å². The summed E-state index contributed by atoms with van der Waals surface area (Å²) in [6, 6.07) is 14.3. The summed E-state index contributed by atoms with van der Waals surface area (Å²) < 4.78 is 16.3. The van der Waals surface area contributed by atoms with E-state index in [2.05, 4.69) is 31.4 Å². The predicted molar refractivity (Wildman–Crippen MR) is 125 cm³/mol. The molecule has 0 aliphatic heterocycles. The predicted octanol–water partition coefficient (Wildman–Crippen LogP) is 3.18. The van der Waals surface area contributed by atoms with Crippen LogP contribution < -0.4 is 5.32 Å². The molecule has 3 aromatic heterocycles. The Labute approximate surface area is 194 Å². The van der Waals surface area contributed by atoms with Crippen LogP contribution in [0.3, 0.4) is 0 Å². The number of hydrogen-bond donors (Lipinski definition) is 2. The molecular weight excluding hydrogens is 435 g/mol. The van der Waals surface area contributed by atoms with Crippen molar-refractivity contribution in [2.75, 3.05) is 6.54 Å². The Morgan fingerprint density at radius 2 is 1.97 bits per heavy atom. The van der Waals surface area contributed by atoms with Crippen molar-refractivity contribution < 1.29 is 14.3 Å². The normalized spacial score (nSPS) is 12.2. The Bertz CT molecular complexity index is 1510. The van der Waals surface area contributed by atoms with Crippen molar-refractivity contribution in [3.8, 4) is 11.3 Å². The van der Waals surface area contributed by atoms with Crippen LogP contribution in [0.15, 0.2) is 67.1 Å². The third-order valence-electron chi connectivity index (χ3n) is 5.42. The van der Waals surface area contributed by atoms with E-state index in [0.717, 1.165) is 22.2 Å². The summed E-state index contributed by atoms with van der Waals surface area (Å²) in [6.07, 6.45) is 4.88. The summed E-state index contributed by atoms with van der Waals surface area (Å²) in [5.74, 6) is -0.831. The minimum Gasteiger partial charge on any atom is -0.392 e. The van der Waals surface area contributed by atoms with Crippen molar-refractivity contribution in [3.05, 3.63) is 89.8 Å². The van der Waals surface area contributed by atoms with Crippen LogP contribution in [0.4, 0.5) is 4.39 Å². The maximum absolute atomic E-state index is 14.7. The molecule has 0 fully saturated rings. The lowest BCUT2D eigenvalue weighted by Crippen LogP contribution is -2.31. The Morgan fingerprint density at radius 1 is 1.12 bits per heavy atom. The highest BCUT2D eigenvalue weighted by atomic mass is 19.1. The second-order valence-electron chi connectivity index (χ2n) is 8.07. The quantitative estimate of drug-likeness (QED) is 0.407. The molecule has 0 radical (unpaired) electrons. The molecular formula is C25H21FN6O2. The largest absolute Gasteiger partial charge is 0.392 e. The Hall–Kier alpha value is -4.24. The number of aliphatic hydroxyl groups is 1. The van der Waals surface area contributed by atoms with E-state index in [1.807, 2.05) is 24.3 Å². The van der Waals surface area contributed by atoms with Gasteiger partial charge in [0.15, 0.2) is 0 Å². The van der Waals surface area contributed by atoms with Gasteiger partial charge in [-0.05, 0) is 42.8 Å². The van der Waals surface area contributed by atoms with Gasteiger partial charge in [0, 0.05) is 30.1 Å². The first kappa shape index (κ1) is 21.6. The standard InChI is InChI=1S/C25H21FN6O2/c1-15(33)12-28-24(34)20-6-5-18(11-21(20)26)23-14-30-25-29-13-19(32(25)31-23)10-16-4-7-22-17(9-16)3-2-8-27-22/h2-9,11,13-15,33H,10,12H2,1H3,(H,28,34)/t15-/m0/s1. The van der Waals surface area contributed by atoms with Crippen LogP contribution >= 0.6 is 0 Å². The number of carbonyl (C=O) groups is 1. The fraction of sp³-hybridized carbons (Fsp3) is 0.160. The van der Waals surface area contributed by atoms with Crippen molar-refractivity contribution >= 4 is 22.6 Å². The fourth-order valence-electron chi connectivity index (χ4n) is 3.71. The molecule has 0 bridgehead atoms. The van der Waals surface area contributed by atoms with Crippen LogP contribution in [0.25, 0.3) is 27.9 Å². The molecule has 0 unspecified atom stereocenters. The van der Waals surface area contributed by atoms with Crippen LogP contribution in [0.1, 0.15) is 28.5 Å². The molecule has 3 heterocycles. The summed E-state index contributed by atoms with van der Waals surface area (Å²) in [5, 5.41) is 17.5. The SMILES string of the molecule is C[C@H](O)CNC(=O)c1ccc(-c2cnc3ncc(Cc4ccc5ncccc5c4)n3n2)cc1F. The number of benzene rings is 2. The fourth-order valence-corrected chi connectivity index (χ4v) is 3.71. The van der Waals surface area contributed by atoms with Crippen LogP contribution in [0.5, 0.6) is 0 Å². The molecule has 5 aromatic rings. The van der Waals surface area contributed by atoms with E-state index in [4.69, 9.17) is 0 Å². The number of nitrogens with zero attached hydrogens (tertiary/aromatic N) is 5. The van der Waals surface area contributed by atoms with Gasteiger partial charge < -0.3 is 10.4 Å². The summed E-state index contributed by atoms with van der Waals surface area (Å²) in [7, 11) is 0. The average molecular weight is 456 g/mol. The van der Waals surface area contributed by atoms with E-state index in [1.54, 1.807) is 23.0 Å². The average Bonchev–Trinajstić information content (AvgIpc) is 3.24. The first-order valence-corrected chi connectivity index (χ1v) is 10.8. The molecule has 170 valence electrons. The zero-order chi connectivity index (χ0) is 23.7. The number of imidazole rings is 1. The third-order valence-corrected chi connectivity index (χ3v) is 5.42. The van der Waals surface area contributed by atoms with Gasteiger partial charge in [-0.3, -0.25) is 9.78 Å². The Morgan fingerprint density at radius 3 is 2.79 bits per heavy atom. The van der Waals surface area contributed by atoms with Crippen LogP contribution in [0.2, 0.25) is 0 Å². The molecule has 1 atom stereocenters. The highest BCUT2D eigenvalue weighted by Crippen LogP contribution is 2.21. The van der Waals surface area contributed by atoms with E-state index < -0.39 is 17.8 Å². The van der Waals surface area contributed by atoms with Crippen LogP contribution in [0, 0.1) is 5.82 Å². The summed E-state index contributed by atoms with van der Waals surface area (Å²) in [5.41, 5.74) is 3.67. The molecule has 0 spiro atoms. The molecule has 0 saturated carbocycles. The highest BCUT2D eigenvalue weighted by Gasteiger charge is 2.15. The number of halogens is 1. The lowest BCUT2D eigenvalue weighted by atomic mass is 10.1. The third kappa shape index (κ3) is 4.33. The molecule has 9 heteroatoms. The van der Waals surface area contributed by atoms with E-state index in [0.29, 0.717) is 23.5 Å². The van der Waals surface area contributed by atoms with Crippen molar-refractivity contribution in [2.24, 2.45) is 0 Å². The molecule has 0 saturated heterocycles. The smallest absolute Gasteiger partial charge is 0.254 e. The number of carbonyl (C=O) groups excluding carboxylic acids is 1. The number of aliphatic hydroxyl groups excluding tert-OH is 1. The zero-order valence-electron chi connectivity index (χ0n) is 18.3. The van der Waals surface area contributed by atoms with Gasteiger partial charge in [-0.25, -0.2) is 18.9 Å². The zero-order valence-corrected chi connectivity index (χ0v) is 18.3. The van der Waals surface area contributed by atoms with E-state index in [1.165, 1.54) is 25.3 Å². The van der Waals surface area contributed by atoms with E-state index >= 15 is 0 Å². The summed E-state index contributed by atoms with van der Waals surface area (Å²) >= 11 is 0. The number of fused-ring (bicyclic) bond motifs is 2. The second-order valence-corrected chi connectivity index (χ2v) is 8.07. The molecule has 0 aliphatic carbocycles. The monoisotopic (exact) mass is 456 g/mol. The topological polar surface area (TPSA) is 105 Å². The summed E-state index contributed by atoms with van der Waals surface area (Å²) in [6.45, 7) is 1.58. The number of amides is 1. The number of hydrogen-bond acceptors (Lipinski definition) is 6. The number of aromatic nitrogens is 5. The van der Waals surface area contributed by atoms with Gasteiger partial charge >= 0.3 is 0 Å². The first-order valence-electron chi connectivity index (χ1n) is 10.8. The van der Waals surface area contributed by atoms with Crippen LogP contribution in [-0.2, 0) is 6.42 Å². The lowest BCUT2D eigenvalue weighted by Gasteiger charge is -2.09. The van der Waals surface area contributed by atoms with Gasteiger partial charge in [0.05, 0.1) is 35.3 Å². The van der Waals surface area contributed by atoms with Gasteiger partial charge in [0.1, 0.15) is 11.5 Å². The molecule has 8 nitrogen and oxygen atoms in total. The number of rotatable bonds is 6. The molecule has 2 N–H and O–H groups in total. The van der Waals surface area contributed by atoms with Crippen molar-refractivity contribution in [3.63, 3.8) is 0 Å². The van der Waals surface area contributed by atoms with Gasteiger partial charge in [-0.1, -0.05) is 18.2 Å². The Balaban J connectivity index is 1.43. The molecule has 5 rings (SSSR count). The molecule has 0 aliphatic rings. The number of pyridine rings is 1. The number of nitrogens with one attached hydrogen (secondary N) is 1. The van der Waals surface area contributed by atoms with Crippen LogP contribution in [-0.4, -0.2) is 48.2 Å². The van der Waals surface area contributed by atoms with E-state index in [-0.39, 0.29) is 12.1 Å². The molecule has 2 aromatic carbocycles.